The van der Waals surface area contributed by atoms with Crippen molar-refractivity contribution in [2.45, 2.75) is 27.3 Å². The zero-order valence-electron chi connectivity index (χ0n) is 11.3. The highest BCUT2D eigenvalue weighted by Crippen LogP contribution is 2.24. The quantitative estimate of drug-likeness (QED) is 0.825. The Morgan fingerprint density at radius 2 is 1.84 bits per heavy atom. The summed E-state index contributed by atoms with van der Waals surface area (Å²) in [7, 11) is 0. The van der Waals surface area contributed by atoms with E-state index in [0.717, 1.165) is 16.8 Å². The van der Waals surface area contributed by atoms with Gasteiger partial charge in [0, 0.05) is 11.6 Å². The van der Waals surface area contributed by atoms with Gasteiger partial charge in [-0.25, -0.2) is 4.68 Å². The molecule has 0 fully saturated rings. The molecule has 0 bridgehead atoms. The van der Waals surface area contributed by atoms with E-state index in [1.165, 1.54) is 21.9 Å². The van der Waals surface area contributed by atoms with Gasteiger partial charge in [-0.15, -0.1) is 0 Å². The van der Waals surface area contributed by atoms with Crippen molar-refractivity contribution >= 4 is 0 Å². The first-order valence-electron chi connectivity index (χ1n) is 6.06. The van der Waals surface area contributed by atoms with Crippen molar-refractivity contribution in [3.05, 3.63) is 51.3 Å². The lowest BCUT2D eigenvalue weighted by Crippen LogP contribution is -2.21. The molecule has 2 aromatic rings. The largest absolute Gasteiger partial charge is 0.268 e. The number of hydrogen-bond acceptors (Lipinski definition) is 3. The Labute approximate surface area is 111 Å². The molecule has 0 atom stereocenters. The van der Waals surface area contributed by atoms with E-state index in [0.29, 0.717) is 0 Å². The van der Waals surface area contributed by atoms with Crippen molar-refractivity contribution in [1.29, 1.82) is 5.26 Å². The summed E-state index contributed by atoms with van der Waals surface area (Å²) in [6, 6.07) is 9.26. The summed E-state index contributed by atoms with van der Waals surface area (Å²) in [5.74, 6) is 0. The molecule has 0 aliphatic rings. The van der Waals surface area contributed by atoms with Crippen LogP contribution in [0.1, 0.15) is 16.7 Å². The molecular formula is C15H15N3O. The summed E-state index contributed by atoms with van der Waals surface area (Å²) in [6.45, 7) is 6.10. The normalized spacial score (nSPS) is 10.2. The van der Waals surface area contributed by atoms with Crippen LogP contribution in [0.4, 0.5) is 0 Å². The van der Waals surface area contributed by atoms with E-state index in [1.54, 1.807) is 6.07 Å². The molecular weight excluding hydrogens is 238 g/mol. The Morgan fingerprint density at radius 3 is 2.53 bits per heavy atom. The van der Waals surface area contributed by atoms with Crippen LogP contribution in [0, 0.1) is 32.1 Å². The first-order chi connectivity index (χ1) is 9.02. The van der Waals surface area contributed by atoms with E-state index < -0.39 is 0 Å². The summed E-state index contributed by atoms with van der Waals surface area (Å²) < 4.78 is 1.18. The van der Waals surface area contributed by atoms with Crippen LogP contribution in [-0.4, -0.2) is 9.78 Å². The number of nitrogens with zero attached hydrogens (tertiary/aromatic N) is 3. The second-order valence-electron chi connectivity index (χ2n) is 4.62. The van der Waals surface area contributed by atoms with E-state index in [-0.39, 0.29) is 12.1 Å². The van der Waals surface area contributed by atoms with Crippen LogP contribution in [0.15, 0.2) is 29.1 Å². The fourth-order valence-corrected chi connectivity index (χ4v) is 2.01. The summed E-state index contributed by atoms with van der Waals surface area (Å²) in [5.41, 5.74) is 4.97. The third-order valence-electron chi connectivity index (χ3n) is 3.20. The summed E-state index contributed by atoms with van der Waals surface area (Å²) >= 11 is 0. The molecule has 0 radical (unpaired) electrons. The third kappa shape index (κ3) is 2.55. The molecule has 0 aliphatic heterocycles. The SMILES string of the molecule is Cc1cc(C)c(-c2ccc(=O)n(CC#N)n2)cc1C. The van der Waals surface area contributed by atoms with Crippen molar-refractivity contribution in [3.8, 4) is 17.3 Å². The van der Waals surface area contributed by atoms with E-state index in [4.69, 9.17) is 5.26 Å². The molecule has 4 heteroatoms. The number of rotatable bonds is 2. The van der Waals surface area contributed by atoms with Gasteiger partial charge in [0.05, 0.1) is 11.8 Å². The number of aryl methyl sites for hydroxylation is 3. The molecule has 0 N–H and O–H groups in total. The molecule has 0 saturated carbocycles. The molecule has 1 aromatic heterocycles. The number of benzene rings is 1. The van der Waals surface area contributed by atoms with Gasteiger partial charge in [-0.3, -0.25) is 4.79 Å². The zero-order valence-corrected chi connectivity index (χ0v) is 11.3. The second-order valence-corrected chi connectivity index (χ2v) is 4.62. The van der Waals surface area contributed by atoms with Crippen molar-refractivity contribution in [2.24, 2.45) is 0 Å². The minimum atomic E-state index is -0.258. The summed E-state index contributed by atoms with van der Waals surface area (Å²) in [5, 5.41) is 12.9. The van der Waals surface area contributed by atoms with Gasteiger partial charge in [-0.05, 0) is 49.6 Å². The van der Waals surface area contributed by atoms with E-state index in [1.807, 2.05) is 19.9 Å². The Morgan fingerprint density at radius 1 is 1.16 bits per heavy atom. The highest BCUT2D eigenvalue weighted by Gasteiger charge is 2.08. The summed E-state index contributed by atoms with van der Waals surface area (Å²) in [6.07, 6.45) is 0. The number of aromatic nitrogens is 2. The second kappa shape index (κ2) is 5.07. The average molecular weight is 253 g/mol. The highest BCUT2D eigenvalue weighted by atomic mass is 16.1. The molecule has 0 amide bonds. The van der Waals surface area contributed by atoms with Gasteiger partial charge in [0.15, 0.2) is 0 Å². The minimum Gasteiger partial charge on any atom is -0.268 e. The molecule has 0 spiro atoms. The van der Waals surface area contributed by atoms with Crippen molar-refractivity contribution in [3.63, 3.8) is 0 Å². The predicted octanol–water partition coefficient (Wildman–Crippen LogP) is 2.36. The molecule has 19 heavy (non-hydrogen) atoms. The first-order valence-corrected chi connectivity index (χ1v) is 6.06. The third-order valence-corrected chi connectivity index (χ3v) is 3.20. The smallest absolute Gasteiger partial charge is 0.267 e. The minimum absolute atomic E-state index is 0.0312. The maximum atomic E-state index is 11.5. The van der Waals surface area contributed by atoms with Crippen molar-refractivity contribution < 1.29 is 0 Å². The van der Waals surface area contributed by atoms with Crippen LogP contribution in [-0.2, 0) is 6.54 Å². The first kappa shape index (κ1) is 13.0. The predicted molar refractivity (Wildman–Crippen MR) is 73.8 cm³/mol. The molecule has 0 aliphatic carbocycles. The van der Waals surface area contributed by atoms with Crippen LogP contribution < -0.4 is 5.56 Å². The summed E-state index contributed by atoms with van der Waals surface area (Å²) in [4.78, 5) is 11.5. The molecule has 1 aromatic carbocycles. The van der Waals surface area contributed by atoms with Gasteiger partial charge in [0.25, 0.3) is 5.56 Å². The Bertz CT molecular complexity index is 723. The Kier molecular flexibility index (Phi) is 3.48. The molecule has 4 nitrogen and oxygen atoms in total. The number of hydrogen-bond donors (Lipinski definition) is 0. The molecule has 1 heterocycles. The maximum Gasteiger partial charge on any atom is 0.267 e. The lowest BCUT2D eigenvalue weighted by atomic mass is 9.99. The zero-order chi connectivity index (χ0) is 14.0. The van der Waals surface area contributed by atoms with Crippen molar-refractivity contribution in [1.82, 2.24) is 9.78 Å². The monoisotopic (exact) mass is 253 g/mol. The van der Waals surface area contributed by atoms with Gasteiger partial charge in [-0.1, -0.05) is 6.07 Å². The molecule has 96 valence electrons. The highest BCUT2D eigenvalue weighted by molar-refractivity contribution is 5.64. The standard InChI is InChI=1S/C15H15N3O/c1-10-8-12(3)13(9-11(10)2)14-4-5-15(19)18(17-14)7-6-16/h4-5,8-9H,7H2,1-3H3. The topological polar surface area (TPSA) is 58.7 Å². The van der Waals surface area contributed by atoms with Gasteiger partial charge in [0.2, 0.25) is 0 Å². The van der Waals surface area contributed by atoms with E-state index in [2.05, 4.69) is 24.2 Å². The molecule has 2 rings (SSSR count). The van der Waals surface area contributed by atoms with E-state index >= 15 is 0 Å². The lowest BCUT2D eigenvalue weighted by molar-refractivity contribution is 0.662. The Balaban J connectivity index is 2.60. The Hall–Kier alpha value is -2.41. The van der Waals surface area contributed by atoms with Crippen LogP contribution >= 0.6 is 0 Å². The lowest BCUT2D eigenvalue weighted by Gasteiger charge is -2.10. The fraction of sp³-hybridized carbons (Fsp3) is 0.267. The average Bonchev–Trinajstić information content (AvgIpc) is 2.37. The van der Waals surface area contributed by atoms with Crippen LogP contribution in [0.2, 0.25) is 0 Å². The van der Waals surface area contributed by atoms with Crippen LogP contribution in [0.3, 0.4) is 0 Å². The maximum absolute atomic E-state index is 11.5. The van der Waals surface area contributed by atoms with Crippen LogP contribution in [0.5, 0.6) is 0 Å². The van der Waals surface area contributed by atoms with Gasteiger partial charge < -0.3 is 0 Å². The number of nitriles is 1. The fourth-order valence-electron chi connectivity index (χ4n) is 2.01. The molecule has 0 unspecified atom stereocenters. The van der Waals surface area contributed by atoms with E-state index in [9.17, 15) is 4.79 Å². The van der Waals surface area contributed by atoms with Gasteiger partial charge in [0.1, 0.15) is 6.54 Å². The van der Waals surface area contributed by atoms with Crippen LogP contribution in [0.25, 0.3) is 11.3 Å². The molecule has 0 saturated heterocycles. The van der Waals surface area contributed by atoms with Crippen molar-refractivity contribution in [2.75, 3.05) is 0 Å². The van der Waals surface area contributed by atoms with Gasteiger partial charge >= 0.3 is 0 Å². The van der Waals surface area contributed by atoms with Gasteiger partial charge in [-0.2, -0.15) is 10.4 Å².